The molecule has 4 nitrogen and oxygen atoms in total. The molecule has 23 heavy (non-hydrogen) atoms. The summed E-state index contributed by atoms with van der Waals surface area (Å²) in [5.74, 6) is 3.80. The highest BCUT2D eigenvalue weighted by atomic mass is 32.2. The van der Waals surface area contributed by atoms with Crippen LogP contribution in [0.3, 0.4) is 0 Å². The van der Waals surface area contributed by atoms with Crippen LogP contribution < -0.4 is 10.1 Å². The van der Waals surface area contributed by atoms with E-state index in [1.807, 2.05) is 48.2 Å². The molecule has 0 saturated heterocycles. The highest BCUT2D eigenvalue weighted by Gasteiger charge is 2.25. The molecular weight excluding hydrogens is 310 g/mol. The second-order valence-corrected chi connectivity index (χ2v) is 6.70. The minimum absolute atomic E-state index is 0.0827. The number of furan rings is 1. The maximum Gasteiger partial charge on any atom is 0.226 e. The van der Waals surface area contributed by atoms with Crippen LogP contribution in [0.15, 0.2) is 47.1 Å². The first-order chi connectivity index (χ1) is 11.3. The van der Waals surface area contributed by atoms with Gasteiger partial charge in [-0.2, -0.15) is 11.8 Å². The van der Waals surface area contributed by atoms with Crippen LogP contribution in [0.25, 0.3) is 0 Å². The van der Waals surface area contributed by atoms with Crippen molar-refractivity contribution in [3.8, 4) is 5.75 Å². The highest BCUT2D eigenvalue weighted by Crippen LogP contribution is 2.26. The molecule has 2 aromatic rings. The number of ether oxygens (including phenoxy) is 1. The maximum absolute atomic E-state index is 12.2. The van der Waals surface area contributed by atoms with Gasteiger partial charge in [-0.15, -0.1) is 0 Å². The van der Waals surface area contributed by atoms with Crippen LogP contribution in [-0.2, 0) is 17.0 Å². The van der Waals surface area contributed by atoms with Crippen LogP contribution in [0.4, 0.5) is 0 Å². The number of nitrogens with one attached hydrogen (secondary N) is 1. The summed E-state index contributed by atoms with van der Waals surface area (Å²) in [5.41, 5.74) is 1.12. The zero-order valence-corrected chi connectivity index (χ0v) is 13.8. The molecule has 2 heterocycles. The molecule has 0 saturated carbocycles. The number of hydrogen-bond donors (Lipinski definition) is 1. The van der Waals surface area contributed by atoms with E-state index in [2.05, 4.69) is 5.32 Å². The number of benzene rings is 1. The van der Waals surface area contributed by atoms with E-state index in [9.17, 15) is 4.79 Å². The lowest BCUT2D eigenvalue weighted by Gasteiger charge is -2.24. The van der Waals surface area contributed by atoms with Crippen LogP contribution in [-0.4, -0.2) is 24.8 Å². The van der Waals surface area contributed by atoms with E-state index < -0.39 is 0 Å². The van der Waals surface area contributed by atoms with Crippen LogP contribution >= 0.6 is 11.8 Å². The van der Waals surface area contributed by atoms with Crippen molar-refractivity contribution < 1.29 is 13.9 Å². The summed E-state index contributed by atoms with van der Waals surface area (Å²) in [6.07, 6.45) is 3.41. The standard InChI is InChI=1S/C18H21NO3S/c20-18(15-11-14-5-1-2-7-17(14)22-12-15)19-8-4-10-23-13-16-6-3-9-21-16/h1-3,5-7,9,15H,4,8,10-13H2,(H,19,20)/t15-/m1/s1. The first-order valence-corrected chi connectivity index (χ1v) is 9.07. The van der Waals surface area contributed by atoms with E-state index in [0.717, 1.165) is 41.4 Å². The molecule has 0 unspecified atom stereocenters. The highest BCUT2D eigenvalue weighted by molar-refractivity contribution is 7.98. The van der Waals surface area contributed by atoms with Gasteiger partial charge in [-0.05, 0) is 42.4 Å². The van der Waals surface area contributed by atoms with E-state index in [0.29, 0.717) is 13.2 Å². The molecule has 5 heteroatoms. The van der Waals surface area contributed by atoms with Crippen molar-refractivity contribution in [2.24, 2.45) is 5.92 Å². The second kappa shape index (κ2) is 8.11. The van der Waals surface area contributed by atoms with Gasteiger partial charge in [0.1, 0.15) is 18.1 Å². The Kier molecular flexibility index (Phi) is 5.64. The summed E-state index contributed by atoms with van der Waals surface area (Å²) < 4.78 is 10.9. The van der Waals surface area contributed by atoms with Gasteiger partial charge in [-0.25, -0.2) is 0 Å². The summed E-state index contributed by atoms with van der Waals surface area (Å²) in [6.45, 7) is 1.18. The third-order valence-electron chi connectivity index (χ3n) is 3.84. The summed E-state index contributed by atoms with van der Waals surface area (Å²) in [5, 5.41) is 3.02. The molecule has 1 amide bonds. The van der Waals surface area contributed by atoms with Gasteiger partial charge in [0, 0.05) is 6.54 Å². The predicted molar refractivity (Wildman–Crippen MR) is 91.6 cm³/mol. The zero-order chi connectivity index (χ0) is 15.9. The Morgan fingerprint density at radius 2 is 2.17 bits per heavy atom. The molecule has 1 aromatic heterocycles. The molecule has 0 bridgehead atoms. The molecule has 1 aliphatic heterocycles. The van der Waals surface area contributed by atoms with Gasteiger partial charge in [-0.1, -0.05) is 18.2 Å². The molecule has 0 fully saturated rings. The average Bonchev–Trinajstić information content (AvgIpc) is 3.10. The molecule has 1 aromatic carbocycles. The fraction of sp³-hybridized carbons (Fsp3) is 0.389. The molecule has 1 atom stereocenters. The van der Waals surface area contributed by atoms with Gasteiger partial charge in [0.15, 0.2) is 0 Å². The van der Waals surface area contributed by atoms with Crippen LogP contribution in [0.5, 0.6) is 5.75 Å². The average molecular weight is 331 g/mol. The SMILES string of the molecule is O=C(NCCCSCc1ccco1)[C@H]1COc2ccccc2C1. The van der Waals surface area contributed by atoms with Crippen LogP contribution in [0, 0.1) is 5.92 Å². The van der Waals surface area contributed by atoms with E-state index in [-0.39, 0.29) is 11.8 Å². The topological polar surface area (TPSA) is 51.5 Å². The van der Waals surface area contributed by atoms with Crippen molar-refractivity contribution in [2.45, 2.75) is 18.6 Å². The van der Waals surface area contributed by atoms with E-state index >= 15 is 0 Å². The lowest BCUT2D eigenvalue weighted by atomic mass is 9.96. The number of amides is 1. The molecule has 122 valence electrons. The van der Waals surface area contributed by atoms with Crippen molar-refractivity contribution in [3.05, 3.63) is 54.0 Å². The Morgan fingerprint density at radius 1 is 1.26 bits per heavy atom. The first kappa shape index (κ1) is 16.0. The van der Waals surface area contributed by atoms with Crippen molar-refractivity contribution in [1.29, 1.82) is 0 Å². The van der Waals surface area contributed by atoms with Crippen LogP contribution in [0.1, 0.15) is 17.7 Å². The number of hydrogen-bond acceptors (Lipinski definition) is 4. The lowest BCUT2D eigenvalue weighted by molar-refractivity contribution is -0.126. The Balaban J connectivity index is 1.32. The van der Waals surface area contributed by atoms with Gasteiger partial charge < -0.3 is 14.5 Å². The second-order valence-electron chi connectivity index (χ2n) is 5.60. The Bertz CT molecular complexity index is 627. The molecule has 0 spiro atoms. The summed E-state index contributed by atoms with van der Waals surface area (Å²) in [7, 11) is 0. The summed E-state index contributed by atoms with van der Waals surface area (Å²) in [4.78, 5) is 12.2. The normalized spacial score (nSPS) is 16.4. The third kappa shape index (κ3) is 4.55. The van der Waals surface area contributed by atoms with Crippen molar-refractivity contribution in [2.75, 3.05) is 18.9 Å². The monoisotopic (exact) mass is 331 g/mol. The van der Waals surface area contributed by atoms with Gasteiger partial charge in [0.05, 0.1) is 17.9 Å². The molecular formula is C18H21NO3S. The Morgan fingerprint density at radius 3 is 3.04 bits per heavy atom. The zero-order valence-electron chi connectivity index (χ0n) is 13.0. The smallest absolute Gasteiger partial charge is 0.226 e. The Hall–Kier alpha value is -1.88. The number of carbonyl (C=O) groups excluding carboxylic acids is 1. The third-order valence-corrected chi connectivity index (χ3v) is 4.90. The molecule has 3 rings (SSSR count). The van der Waals surface area contributed by atoms with Gasteiger partial charge >= 0.3 is 0 Å². The first-order valence-electron chi connectivity index (χ1n) is 7.91. The fourth-order valence-corrected chi connectivity index (χ4v) is 3.45. The predicted octanol–water partition coefficient (Wildman–Crippen LogP) is 3.27. The minimum atomic E-state index is -0.0827. The Labute approximate surface area is 140 Å². The van der Waals surface area contributed by atoms with Crippen LogP contribution in [0.2, 0.25) is 0 Å². The molecule has 0 radical (unpaired) electrons. The van der Waals surface area contributed by atoms with E-state index in [1.54, 1.807) is 6.26 Å². The molecule has 1 aliphatic rings. The van der Waals surface area contributed by atoms with Crippen molar-refractivity contribution in [1.82, 2.24) is 5.32 Å². The van der Waals surface area contributed by atoms with Crippen molar-refractivity contribution >= 4 is 17.7 Å². The number of fused-ring (bicyclic) bond motifs is 1. The number of thioether (sulfide) groups is 1. The van der Waals surface area contributed by atoms with E-state index in [1.165, 1.54) is 0 Å². The van der Waals surface area contributed by atoms with Gasteiger partial charge in [0.25, 0.3) is 0 Å². The summed E-state index contributed by atoms with van der Waals surface area (Å²) in [6, 6.07) is 11.8. The minimum Gasteiger partial charge on any atom is -0.492 e. The van der Waals surface area contributed by atoms with E-state index in [4.69, 9.17) is 9.15 Å². The lowest BCUT2D eigenvalue weighted by Crippen LogP contribution is -2.37. The maximum atomic E-state index is 12.2. The fourth-order valence-electron chi connectivity index (χ4n) is 2.59. The van der Waals surface area contributed by atoms with Gasteiger partial charge in [0.2, 0.25) is 5.91 Å². The molecule has 1 N–H and O–H groups in total. The molecule has 0 aliphatic carbocycles. The van der Waals surface area contributed by atoms with Crippen molar-refractivity contribution in [3.63, 3.8) is 0 Å². The number of para-hydroxylation sites is 1. The number of carbonyl (C=O) groups is 1. The quantitative estimate of drug-likeness (QED) is 0.791. The summed E-state index contributed by atoms with van der Waals surface area (Å²) >= 11 is 1.82. The van der Waals surface area contributed by atoms with Gasteiger partial charge in [-0.3, -0.25) is 4.79 Å². The largest absolute Gasteiger partial charge is 0.492 e. The number of rotatable bonds is 7.